The van der Waals surface area contributed by atoms with Crippen molar-refractivity contribution in [3.8, 4) is 11.6 Å². The molecule has 1 N–H and O–H groups in total. The van der Waals surface area contributed by atoms with Gasteiger partial charge in [-0.25, -0.2) is 9.37 Å². The molecule has 0 spiro atoms. The summed E-state index contributed by atoms with van der Waals surface area (Å²) in [6.07, 6.45) is 1.09. The molecule has 0 fully saturated rings. The lowest BCUT2D eigenvalue weighted by atomic mass is 10.2. The van der Waals surface area contributed by atoms with Crippen molar-refractivity contribution in [3.05, 3.63) is 51.9 Å². The fourth-order valence-corrected chi connectivity index (χ4v) is 2.37. The van der Waals surface area contributed by atoms with Crippen LogP contribution >= 0.6 is 15.9 Å². The molecule has 1 aromatic heterocycles. The molecule has 2 rings (SSSR count). The molecule has 112 valence electrons. The summed E-state index contributed by atoms with van der Waals surface area (Å²) in [6, 6.07) is 8.23. The van der Waals surface area contributed by atoms with Crippen molar-refractivity contribution in [2.24, 2.45) is 0 Å². The summed E-state index contributed by atoms with van der Waals surface area (Å²) in [5.41, 5.74) is 2.00. The largest absolute Gasteiger partial charge is 0.438 e. The molecule has 0 unspecified atom stereocenters. The monoisotopic (exact) mass is 352 g/mol. The van der Waals surface area contributed by atoms with Gasteiger partial charge in [0, 0.05) is 18.3 Å². The maximum atomic E-state index is 13.1. The van der Waals surface area contributed by atoms with Gasteiger partial charge in [0.15, 0.2) is 0 Å². The first-order valence-corrected chi connectivity index (χ1v) is 7.69. The number of pyridine rings is 1. The van der Waals surface area contributed by atoms with Crippen LogP contribution in [0.3, 0.4) is 0 Å². The summed E-state index contributed by atoms with van der Waals surface area (Å²) >= 11 is 3.29. The molecule has 0 saturated carbocycles. The van der Waals surface area contributed by atoms with E-state index < -0.39 is 0 Å². The Balaban J connectivity index is 2.15. The van der Waals surface area contributed by atoms with E-state index in [0.29, 0.717) is 16.1 Å². The van der Waals surface area contributed by atoms with Crippen molar-refractivity contribution in [3.63, 3.8) is 0 Å². The van der Waals surface area contributed by atoms with Crippen molar-refractivity contribution >= 4 is 15.9 Å². The van der Waals surface area contributed by atoms with Crippen molar-refractivity contribution < 1.29 is 9.13 Å². The quantitative estimate of drug-likeness (QED) is 0.772. The number of nitrogens with zero attached hydrogens (tertiary/aromatic N) is 1. The Morgan fingerprint density at radius 3 is 2.81 bits per heavy atom. The van der Waals surface area contributed by atoms with Crippen LogP contribution in [0.25, 0.3) is 0 Å². The predicted octanol–water partition coefficient (Wildman–Crippen LogP) is 4.58. The first-order chi connectivity index (χ1) is 10.1. The third kappa shape index (κ3) is 4.79. The number of hydrogen-bond acceptors (Lipinski definition) is 3. The summed E-state index contributed by atoms with van der Waals surface area (Å²) in [6.45, 7) is 5.81. The Kier molecular flexibility index (Phi) is 5.70. The van der Waals surface area contributed by atoms with Crippen molar-refractivity contribution in [1.82, 2.24) is 10.3 Å². The van der Waals surface area contributed by atoms with E-state index in [9.17, 15) is 4.39 Å². The summed E-state index contributed by atoms with van der Waals surface area (Å²) in [5.74, 6) is 0.744. The zero-order valence-corrected chi connectivity index (χ0v) is 13.7. The van der Waals surface area contributed by atoms with E-state index in [-0.39, 0.29) is 5.82 Å². The molecule has 0 atom stereocenters. The van der Waals surface area contributed by atoms with Gasteiger partial charge in [-0.05, 0) is 65.6 Å². The molecule has 0 aliphatic heterocycles. The minimum Gasteiger partial charge on any atom is -0.438 e. The van der Waals surface area contributed by atoms with Gasteiger partial charge < -0.3 is 10.1 Å². The lowest BCUT2D eigenvalue weighted by molar-refractivity contribution is 0.455. The zero-order chi connectivity index (χ0) is 15.2. The third-order valence-electron chi connectivity index (χ3n) is 2.85. The average molecular weight is 353 g/mol. The fourth-order valence-electron chi connectivity index (χ4n) is 1.94. The van der Waals surface area contributed by atoms with Gasteiger partial charge in [-0.15, -0.1) is 0 Å². The molecule has 21 heavy (non-hydrogen) atoms. The smallest absolute Gasteiger partial charge is 0.219 e. The highest BCUT2D eigenvalue weighted by Gasteiger charge is 2.07. The van der Waals surface area contributed by atoms with Crippen molar-refractivity contribution in [2.45, 2.75) is 26.8 Å². The second-order valence-electron chi connectivity index (χ2n) is 4.81. The van der Waals surface area contributed by atoms with Gasteiger partial charge in [-0.2, -0.15) is 0 Å². The maximum Gasteiger partial charge on any atom is 0.219 e. The van der Waals surface area contributed by atoms with Gasteiger partial charge in [0.05, 0.1) is 4.47 Å². The Morgan fingerprint density at radius 2 is 2.10 bits per heavy atom. The van der Waals surface area contributed by atoms with Gasteiger partial charge in [0.2, 0.25) is 5.88 Å². The second kappa shape index (κ2) is 7.52. The zero-order valence-electron chi connectivity index (χ0n) is 12.1. The molecule has 5 heteroatoms. The van der Waals surface area contributed by atoms with Crippen LogP contribution in [0.1, 0.15) is 24.6 Å². The van der Waals surface area contributed by atoms with E-state index in [2.05, 4.69) is 33.2 Å². The number of aromatic nitrogens is 1. The summed E-state index contributed by atoms with van der Waals surface area (Å²) in [5, 5.41) is 3.35. The molecule has 1 aromatic carbocycles. The van der Waals surface area contributed by atoms with Crippen molar-refractivity contribution in [1.29, 1.82) is 0 Å². The molecular weight excluding hydrogens is 335 g/mol. The molecule has 1 heterocycles. The molecule has 0 radical (unpaired) electrons. The summed E-state index contributed by atoms with van der Waals surface area (Å²) in [7, 11) is 0. The van der Waals surface area contributed by atoms with E-state index in [0.717, 1.165) is 30.8 Å². The Labute approximate surface area is 132 Å². The van der Waals surface area contributed by atoms with Crippen LogP contribution in [0.2, 0.25) is 0 Å². The molecule has 0 aliphatic carbocycles. The number of halogens is 2. The van der Waals surface area contributed by atoms with E-state index in [1.807, 2.05) is 19.1 Å². The van der Waals surface area contributed by atoms with Crippen LogP contribution in [-0.2, 0) is 6.54 Å². The number of aryl methyl sites for hydroxylation is 1. The van der Waals surface area contributed by atoms with Gasteiger partial charge >= 0.3 is 0 Å². The van der Waals surface area contributed by atoms with Crippen LogP contribution in [0, 0.1) is 12.7 Å². The molecule has 0 amide bonds. The third-order valence-corrected chi connectivity index (χ3v) is 3.47. The highest BCUT2D eigenvalue weighted by molar-refractivity contribution is 9.10. The Bertz CT molecular complexity index is 619. The van der Waals surface area contributed by atoms with E-state index in [1.54, 1.807) is 6.07 Å². The molecule has 0 saturated heterocycles. The number of benzene rings is 1. The van der Waals surface area contributed by atoms with Crippen LogP contribution in [0.5, 0.6) is 11.6 Å². The number of nitrogens with one attached hydrogen (secondary N) is 1. The number of rotatable bonds is 6. The maximum absolute atomic E-state index is 13.1. The Hall–Kier alpha value is -1.46. The van der Waals surface area contributed by atoms with E-state index >= 15 is 0 Å². The first-order valence-electron chi connectivity index (χ1n) is 6.89. The standard InChI is InChI=1S/C16H18BrFN2O/c1-3-6-19-10-12-7-11(2)20-16(8-12)21-15-5-4-13(18)9-14(15)17/h4-5,7-9,19H,3,6,10H2,1-2H3. The molecule has 2 aromatic rings. The molecular formula is C16H18BrFN2O. The Morgan fingerprint density at radius 1 is 1.29 bits per heavy atom. The fraction of sp³-hybridized carbons (Fsp3) is 0.312. The van der Waals surface area contributed by atoms with E-state index in [4.69, 9.17) is 4.74 Å². The van der Waals surface area contributed by atoms with Crippen LogP contribution < -0.4 is 10.1 Å². The lowest BCUT2D eigenvalue weighted by Gasteiger charge is -2.10. The number of hydrogen-bond donors (Lipinski definition) is 1. The van der Waals surface area contributed by atoms with Crippen LogP contribution in [0.4, 0.5) is 4.39 Å². The SMILES string of the molecule is CCCNCc1cc(C)nc(Oc2ccc(F)cc2Br)c1. The van der Waals surface area contributed by atoms with Gasteiger partial charge in [-0.3, -0.25) is 0 Å². The molecule has 3 nitrogen and oxygen atoms in total. The lowest BCUT2D eigenvalue weighted by Crippen LogP contribution is -2.14. The van der Waals surface area contributed by atoms with Crippen LogP contribution in [-0.4, -0.2) is 11.5 Å². The topological polar surface area (TPSA) is 34.2 Å². The second-order valence-corrected chi connectivity index (χ2v) is 5.66. The minimum absolute atomic E-state index is 0.309. The van der Waals surface area contributed by atoms with Crippen LogP contribution in [0.15, 0.2) is 34.8 Å². The summed E-state index contributed by atoms with van der Waals surface area (Å²) < 4.78 is 19.4. The highest BCUT2D eigenvalue weighted by atomic mass is 79.9. The normalized spacial score (nSPS) is 10.7. The van der Waals surface area contributed by atoms with Crippen molar-refractivity contribution in [2.75, 3.05) is 6.54 Å². The van der Waals surface area contributed by atoms with Gasteiger partial charge in [0.25, 0.3) is 0 Å². The summed E-state index contributed by atoms with van der Waals surface area (Å²) in [4.78, 5) is 4.36. The van der Waals surface area contributed by atoms with Gasteiger partial charge in [0.1, 0.15) is 11.6 Å². The average Bonchev–Trinajstić information content (AvgIpc) is 2.42. The van der Waals surface area contributed by atoms with Gasteiger partial charge in [-0.1, -0.05) is 6.92 Å². The highest BCUT2D eigenvalue weighted by Crippen LogP contribution is 2.29. The molecule has 0 aliphatic rings. The first kappa shape index (κ1) is 15.9. The predicted molar refractivity (Wildman–Crippen MR) is 85.1 cm³/mol. The number of ether oxygens (including phenoxy) is 1. The molecule has 0 bridgehead atoms. The minimum atomic E-state index is -0.309. The van der Waals surface area contributed by atoms with E-state index in [1.165, 1.54) is 12.1 Å².